The van der Waals surface area contributed by atoms with Gasteiger partial charge in [0.25, 0.3) is 0 Å². The predicted molar refractivity (Wildman–Crippen MR) is 125 cm³/mol. The molecular formula is C27H30N2O2. The van der Waals surface area contributed by atoms with Gasteiger partial charge in [0.15, 0.2) is 5.78 Å². The highest BCUT2D eigenvalue weighted by atomic mass is 16.3. The van der Waals surface area contributed by atoms with Crippen LogP contribution in [0.5, 0.6) is 5.75 Å². The Morgan fingerprint density at radius 1 is 1.16 bits per heavy atom. The number of aryl methyl sites for hydroxylation is 2. The summed E-state index contributed by atoms with van der Waals surface area (Å²) in [7, 11) is 0. The molecule has 3 heterocycles. The van der Waals surface area contributed by atoms with Crippen molar-refractivity contribution in [2.45, 2.75) is 54.0 Å². The number of aromatic hydroxyl groups is 1. The molecule has 0 radical (unpaired) electrons. The van der Waals surface area contributed by atoms with Crippen molar-refractivity contribution in [3.8, 4) is 16.9 Å². The van der Waals surface area contributed by atoms with E-state index in [1.165, 1.54) is 5.56 Å². The summed E-state index contributed by atoms with van der Waals surface area (Å²) in [6.45, 7) is 16.4. The van der Waals surface area contributed by atoms with Crippen LogP contribution in [0.4, 0.5) is 0 Å². The van der Waals surface area contributed by atoms with E-state index in [2.05, 4.69) is 43.3 Å². The van der Waals surface area contributed by atoms with E-state index < -0.39 is 0 Å². The highest BCUT2D eigenvalue weighted by Gasteiger charge is 2.38. The van der Waals surface area contributed by atoms with Crippen LogP contribution in [0, 0.1) is 19.3 Å². The summed E-state index contributed by atoms with van der Waals surface area (Å²) in [6.07, 6.45) is 6.57. The van der Waals surface area contributed by atoms with Crippen molar-refractivity contribution in [3.63, 3.8) is 0 Å². The molecule has 4 heteroatoms. The summed E-state index contributed by atoms with van der Waals surface area (Å²) in [5.41, 5.74) is 8.28. The molecular weight excluding hydrogens is 384 g/mol. The third-order valence-corrected chi connectivity index (χ3v) is 6.37. The number of ketones is 1. The maximum atomic E-state index is 12.2. The predicted octanol–water partition coefficient (Wildman–Crippen LogP) is 5.73. The van der Waals surface area contributed by atoms with Crippen molar-refractivity contribution in [1.82, 2.24) is 9.88 Å². The number of phenols is 1. The summed E-state index contributed by atoms with van der Waals surface area (Å²) in [4.78, 5) is 18.8. The van der Waals surface area contributed by atoms with E-state index in [0.29, 0.717) is 11.1 Å². The number of hydrogen-bond donors (Lipinski definition) is 1. The molecule has 1 aromatic carbocycles. The largest absolute Gasteiger partial charge is 0.507 e. The van der Waals surface area contributed by atoms with Gasteiger partial charge in [0.1, 0.15) is 5.75 Å². The minimum atomic E-state index is -0.0206. The van der Waals surface area contributed by atoms with E-state index in [-0.39, 0.29) is 23.0 Å². The molecule has 0 fully saturated rings. The monoisotopic (exact) mass is 414 g/mol. The zero-order chi connectivity index (χ0) is 22.7. The van der Waals surface area contributed by atoms with Crippen LogP contribution in [-0.4, -0.2) is 26.8 Å². The number of carbonyl (C=O) groups is 1. The number of nitrogens with zero attached hydrogens (tertiary/aromatic N) is 2. The Bertz CT molecular complexity index is 1180. The molecule has 1 aromatic heterocycles. The lowest BCUT2D eigenvalue weighted by atomic mass is 9.76. The first-order valence-corrected chi connectivity index (χ1v) is 10.7. The highest BCUT2D eigenvalue weighted by Crippen LogP contribution is 2.46. The number of Topliss-reactive ketones (excluding diaryl/α,β-unsaturated/α-hetero) is 1. The average molecular weight is 415 g/mol. The average Bonchev–Trinajstić information content (AvgIpc) is 2.66. The van der Waals surface area contributed by atoms with Crippen LogP contribution in [-0.2, 0) is 11.2 Å². The molecule has 4 nitrogen and oxygen atoms in total. The van der Waals surface area contributed by atoms with Crippen LogP contribution in [0.3, 0.4) is 0 Å². The summed E-state index contributed by atoms with van der Waals surface area (Å²) in [5, 5.41) is 11.0. The van der Waals surface area contributed by atoms with Gasteiger partial charge in [0.2, 0.25) is 0 Å². The number of aromatic nitrogens is 1. The number of carbonyl (C=O) groups excluding carboxylic acids is 1. The number of allylic oxidation sites excluding steroid dienone is 3. The molecule has 31 heavy (non-hydrogen) atoms. The van der Waals surface area contributed by atoms with Gasteiger partial charge in [0, 0.05) is 52.1 Å². The lowest BCUT2D eigenvalue weighted by Crippen LogP contribution is -2.45. The van der Waals surface area contributed by atoms with E-state index >= 15 is 0 Å². The number of hydrogen-bond acceptors (Lipinski definition) is 4. The number of fused-ring (bicyclic) bond motifs is 3. The van der Waals surface area contributed by atoms with Gasteiger partial charge in [-0.2, -0.15) is 0 Å². The van der Waals surface area contributed by atoms with Crippen LogP contribution in [0.1, 0.15) is 50.1 Å². The lowest BCUT2D eigenvalue weighted by Gasteiger charge is -2.46. The second-order valence-electron chi connectivity index (χ2n) is 9.81. The first-order valence-electron chi connectivity index (χ1n) is 10.7. The molecule has 1 N–H and O–H groups in total. The topological polar surface area (TPSA) is 53.4 Å². The van der Waals surface area contributed by atoms with Crippen molar-refractivity contribution in [2.75, 3.05) is 0 Å². The van der Waals surface area contributed by atoms with Crippen molar-refractivity contribution in [3.05, 3.63) is 76.8 Å². The number of benzene rings is 1. The van der Waals surface area contributed by atoms with Crippen LogP contribution < -0.4 is 0 Å². The molecule has 0 saturated carbocycles. The molecule has 0 aliphatic carbocycles. The Labute approximate surface area is 184 Å². The summed E-state index contributed by atoms with van der Waals surface area (Å²) < 4.78 is 0. The van der Waals surface area contributed by atoms with Crippen molar-refractivity contribution in [1.29, 1.82) is 0 Å². The fourth-order valence-electron chi connectivity index (χ4n) is 4.67. The van der Waals surface area contributed by atoms with Gasteiger partial charge in [-0.15, -0.1) is 0 Å². The molecule has 0 bridgehead atoms. The molecule has 2 aliphatic heterocycles. The first kappa shape index (κ1) is 21.1. The van der Waals surface area contributed by atoms with E-state index in [9.17, 15) is 9.90 Å². The Kier molecular flexibility index (Phi) is 4.92. The maximum absolute atomic E-state index is 12.2. The van der Waals surface area contributed by atoms with Gasteiger partial charge in [-0.05, 0) is 73.6 Å². The number of phenolic OH excluding ortho intramolecular Hbond substituents is 1. The van der Waals surface area contributed by atoms with Crippen LogP contribution in [0.25, 0.3) is 16.8 Å². The van der Waals surface area contributed by atoms with E-state index in [1.807, 2.05) is 44.5 Å². The van der Waals surface area contributed by atoms with E-state index in [4.69, 9.17) is 0 Å². The maximum Gasteiger partial charge on any atom is 0.161 e. The van der Waals surface area contributed by atoms with Gasteiger partial charge in [0.05, 0.1) is 0 Å². The third-order valence-electron chi connectivity index (χ3n) is 6.37. The zero-order valence-electron chi connectivity index (χ0n) is 19.2. The first-order chi connectivity index (χ1) is 14.5. The second-order valence-corrected chi connectivity index (χ2v) is 9.81. The standard InChI is InChI=1S/C27H30N2O2/c1-15-8-17(3)28-13-22(15)21-10-19-11-26(27(5,6)7)29-14-23(18(4)30)16(2)9-24(29)20(19)12-25(21)31/h8-10,12-14,26,31H,2,11H2,1,3-7H3. The molecule has 4 rings (SSSR count). The Morgan fingerprint density at radius 3 is 2.48 bits per heavy atom. The van der Waals surface area contributed by atoms with Gasteiger partial charge < -0.3 is 10.0 Å². The van der Waals surface area contributed by atoms with E-state index in [0.717, 1.165) is 40.1 Å². The molecule has 1 atom stereocenters. The molecule has 0 amide bonds. The Morgan fingerprint density at radius 2 is 1.87 bits per heavy atom. The second kappa shape index (κ2) is 7.23. The van der Waals surface area contributed by atoms with Gasteiger partial charge >= 0.3 is 0 Å². The van der Waals surface area contributed by atoms with Crippen molar-refractivity contribution in [2.24, 2.45) is 5.41 Å². The fraction of sp³-hybridized carbons (Fsp3) is 0.333. The Balaban J connectivity index is 1.91. The van der Waals surface area contributed by atoms with E-state index in [1.54, 1.807) is 6.92 Å². The molecule has 0 saturated heterocycles. The van der Waals surface area contributed by atoms with Gasteiger partial charge in [-0.1, -0.05) is 27.4 Å². The number of rotatable bonds is 2. The van der Waals surface area contributed by atoms with Crippen LogP contribution >= 0.6 is 0 Å². The molecule has 160 valence electrons. The zero-order valence-corrected chi connectivity index (χ0v) is 19.2. The molecule has 1 unspecified atom stereocenters. The SMILES string of the molecule is C=C1C=C2c3cc(O)c(-c4cnc(C)cc4C)cc3CC(C(C)(C)C)N2C=C1C(C)=O. The van der Waals surface area contributed by atoms with Crippen LogP contribution in [0.15, 0.2) is 54.4 Å². The van der Waals surface area contributed by atoms with Crippen molar-refractivity contribution < 1.29 is 9.90 Å². The molecule has 2 aliphatic rings. The quantitative estimate of drug-likeness (QED) is 0.682. The normalized spacial score (nSPS) is 18.2. The minimum absolute atomic E-state index is 0.0132. The highest BCUT2D eigenvalue weighted by molar-refractivity contribution is 6.00. The van der Waals surface area contributed by atoms with Crippen molar-refractivity contribution >= 4 is 11.5 Å². The lowest BCUT2D eigenvalue weighted by molar-refractivity contribution is -0.113. The fourth-order valence-corrected chi connectivity index (χ4v) is 4.67. The Hall–Kier alpha value is -3.14. The van der Waals surface area contributed by atoms with Gasteiger partial charge in [-0.3, -0.25) is 9.78 Å². The minimum Gasteiger partial charge on any atom is -0.507 e. The third kappa shape index (κ3) is 3.60. The molecule has 0 spiro atoms. The summed E-state index contributed by atoms with van der Waals surface area (Å²) in [6, 6.07) is 6.16. The van der Waals surface area contributed by atoms with Gasteiger partial charge in [-0.25, -0.2) is 0 Å². The summed E-state index contributed by atoms with van der Waals surface area (Å²) in [5.74, 6) is 0.244. The smallest absolute Gasteiger partial charge is 0.161 e. The number of pyridine rings is 1. The molecule has 2 aromatic rings. The summed E-state index contributed by atoms with van der Waals surface area (Å²) >= 11 is 0. The van der Waals surface area contributed by atoms with Crippen LogP contribution in [0.2, 0.25) is 0 Å².